The van der Waals surface area contributed by atoms with Gasteiger partial charge in [0.25, 0.3) is 0 Å². The van der Waals surface area contributed by atoms with E-state index in [2.05, 4.69) is 9.64 Å². The van der Waals surface area contributed by atoms with Gasteiger partial charge < -0.3 is 9.84 Å². The molecule has 1 unspecified atom stereocenters. The number of rotatable bonds is 3. The number of aliphatic hydroxyl groups excluding tert-OH is 1. The molecule has 0 amide bonds. The zero-order valence-electron chi connectivity index (χ0n) is 10.5. The lowest BCUT2D eigenvalue weighted by Gasteiger charge is -2.24. The van der Waals surface area contributed by atoms with Crippen molar-refractivity contribution in [1.82, 2.24) is 4.90 Å². The number of halogens is 3. The maximum Gasteiger partial charge on any atom is 0.573 e. The highest BCUT2D eigenvalue weighted by atomic mass is 19.4. The predicted octanol–water partition coefficient (Wildman–Crippen LogP) is 2.71. The number of likely N-dealkylation sites (tertiary alicyclic amines) is 1. The van der Waals surface area contributed by atoms with Crippen LogP contribution in [0.3, 0.4) is 0 Å². The fourth-order valence-corrected chi connectivity index (χ4v) is 2.28. The Labute approximate surface area is 109 Å². The summed E-state index contributed by atoms with van der Waals surface area (Å²) < 4.78 is 39.9. The Morgan fingerprint density at radius 1 is 1.32 bits per heavy atom. The van der Waals surface area contributed by atoms with Gasteiger partial charge in [0.1, 0.15) is 5.75 Å². The quantitative estimate of drug-likeness (QED) is 0.920. The summed E-state index contributed by atoms with van der Waals surface area (Å²) >= 11 is 0. The van der Waals surface area contributed by atoms with Crippen molar-refractivity contribution in [3.8, 4) is 5.75 Å². The summed E-state index contributed by atoms with van der Waals surface area (Å²) in [4.78, 5) is 2.10. The molecule has 1 N–H and O–H groups in total. The van der Waals surface area contributed by atoms with E-state index in [0.717, 1.165) is 18.5 Å². The third-order valence-corrected chi connectivity index (χ3v) is 3.34. The second-order valence-corrected chi connectivity index (χ2v) is 4.73. The molecule has 1 aliphatic rings. The summed E-state index contributed by atoms with van der Waals surface area (Å²) in [6, 6.07) is 5.93. The first-order valence-corrected chi connectivity index (χ1v) is 6.13. The van der Waals surface area contributed by atoms with E-state index in [0.29, 0.717) is 6.54 Å². The Bertz CT molecular complexity index is 419. The first-order chi connectivity index (χ1) is 8.85. The van der Waals surface area contributed by atoms with Crippen LogP contribution in [0.15, 0.2) is 24.3 Å². The molecule has 0 spiro atoms. The maximum atomic E-state index is 12.0. The molecule has 0 radical (unpaired) electrons. The molecule has 19 heavy (non-hydrogen) atoms. The monoisotopic (exact) mass is 275 g/mol. The molecule has 0 aliphatic carbocycles. The van der Waals surface area contributed by atoms with Crippen LogP contribution in [-0.4, -0.2) is 35.6 Å². The summed E-state index contributed by atoms with van der Waals surface area (Å²) in [5.74, 6) is -0.218. The van der Waals surface area contributed by atoms with Gasteiger partial charge in [0.15, 0.2) is 0 Å². The van der Waals surface area contributed by atoms with Crippen molar-refractivity contribution < 1.29 is 23.0 Å². The molecular formula is C13H16F3NO2. The van der Waals surface area contributed by atoms with Crippen molar-refractivity contribution in [2.24, 2.45) is 0 Å². The number of ether oxygens (including phenoxy) is 1. The van der Waals surface area contributed by atoms with Gasteiger partial charge in [-0.1, -0.05) is 12.1 Å². The molecule has 6 heteroatoms. The predicted molar refractivity (Wildman–Crippen MR) is 63.7 cm³/mol. The van der Waals surface area contributed by atoms with Gasteiger partial charge in [-0.15, -0.1) is 13.2 Å². The first-order valence-electron chi connectivity index (χ1n) is 6.13. The molecular weight excluding hydrogens is 259 g/mol. The lowest BCUT2D eigenvalue weighted by Crippen LogP contribution is -2.25. The topological polar surface area (TPSA) is 32.7 Å². The van der Waals surface area contributed by atoms with E-state index in [1.165, 1.54) is 12.1 Å². The van der Waals surface area contributed by atoms with Crippen molar-refractivity contribution >= 4 is 0 Å². The van der Waals surface area contributed by atoms with Gasteiger partial charge in [-0.3, -0.25) is 4.90 Å². The third-order valence-electron chi connectivity index (χ3n) is 3.34. The number of hydrogen-bond donors (Lipinski definition) is 1. The average molecular weight is 275 g/mol. The van der Waals surface area contributed by atoms with Crippen molar-refractivity contribution in [2.45, 2.75) is 31.9 Å². The third kappa shape index (κ3) is 3.84. The smallest absolute Gasteiger partial charge is 0.406 e. The van der Waals surface area contributed by atoms with Gasteiger partial charge in [-0.05, 0) is 31.0 Å². The summed E-state index contributed by atoms with van der Waals surface area (Å²) in [6.45, 7) is 3.36. The van der Waals surface area contributed by atoms with Crippen molar-refractivity contribution in [3.05, 3.63) is 29.8 Å². The summed E-state index contributed by atoms with van der Waals surface area (Å²) in [7, 11) is 0. The van der Waals surface area contributed by atoms with Gasteiger partial charge in [0.2, 0.25) is 0 Å². The number of β-amino-alcohol motifs (C(OH)–C–C–N with tert-alkyl or cyclic N) is 1. The molecule has 0 bridgehead atoms. The van der Waals surface area contributed by atoms with Crippen LogP contribution in [0.2, 0.25) is 0 Å². The molecule has 2 atom stereocenters. The Hall–Kier alpha value is -1.27. The van der Waals surface area contributed by atoms with E-state index < -0.39 is 6.36 Å². The average Bonchev–Trinajstić information content (AvgIpc) is 2.74. The second-order valence-electron chi connectivity index (χ2n) is 4.73. The fraction of sp³-hybridized carbons (Fsp3) is 0.538. The lowest BCUT2D eigenvalue weighted by molar-refractivity contribution is -0.274. The summed E-state index contributed by atoms with van der Waals surface area (Å²) in [6.07, 6.45) is -4.23. The highest BCUT2D eigenvalue weighted by Gasteiger charge is 2.31. The minimum absolute atomic E-state index is 0.0667. The van der Waals surface area contributed by atoms with Gasteiger partial charge in [-0.25, -0.2) is 0 Å². The fourth-order valence-electron chi connectivity index (χ4n) is 2.28. The SMILES string of the molecule is CC(c1ccc(OC(F)(F)F)cc1)N1CC[C@H](O)C1. The highest BCUT2D eigenvalue weighted by molar-refractivity contribution is 5.29. The van der Waals surface area contributed by atoms with Crippen molar-refractivity contribution in [1.29, 1.82) is 0 Å². The summed E-state index contributed by atoms with van der Waals surface area (Å²) in [5.41, 5.74) is 0.906. The van der Waals surface area contributed by atoms with Crippen LogP contribution in [0.25, 0.3) is 0 Å². The van der Waals surface area contributed by atoms with E-state index >= 15 is 0 Å². The highest BCUT2D eigenvalue weighted by Crippen LogP contribution is 2.28. The zero-order chi connectivity index (χ0) is 14.0. The van der Waals surface area contributed by atoms with Crippen molar-refractivity contribution in [2.75, 3.05) is 13.1 Å². The van der Waals surface area contributed by atoms with E-state index in [4.69, 9.17) is 0 Å². The largest absolute Gasteiger partial charge is 0.573 e. The molecule has 1 fully saturated rings. The first kappa shape index (κ1) is 14.1. The number of alkyl halides is 3. The Balaban J connectivity index is 2.01. The van der Waals surface area contributed by atoms with Crippen LogP contribution >= 0.6 is 0 Å². The Kier molecular flexibility index (Phi) is 4.01. The lowest BCUT2D eigenvalue weighted by atomic mass is 10.1. The molecule has 1 aliphatic heterocycles. The number of hydrogen-bond acceptors (Lipinski definition) is 3. The van der Waals surface area contributed by atoms with Gasteiger partial charge in [-0.2, -0.15) is 0 Å². The molecule has 1 heterocycles. The van der Waals surface area contributed by atoms with Gasteiger partial charge >= 0.3 is 6.36 Å². The van der Waals surface area contributed by atoms with Crippen LogP contribution in [0.1, 0.15) is 24.9 Å². The van der Waals surface area contributed by atoms with E-state index in [1.807, 2.05) is 6.92 Å². The van der Waals surface area contributed by atoms with Gasteiger partial charge in [0.05, 0.1) is 6.10 Å². The van der Waals surface area contributed by atoms with Crippen molar-refractivity contribution in [3.63, 3.8) is 0 Å². The molecule has 0 aromatic heterocycles. The number of aliphatic hydroxyl groups is 1. The molecule has 1 saturated heterocycles. The molecule has 106 valence electrons. The molecule has 3 nitrogen and oxygen atoms in total. The van der Waals surface area contributed by atoms with Crippen LogP contribution in [-0.2, 0) is 0 Å². The Morgan fingerprint density at radius 3 is 2.42 bits per heavy atom. The van der Waals surface area contributed by atoms with Crippen LogP contribution in [0.5, 0.6) is 5.75 Å². The van der Waals surface area contributed by atoms with E-state index in [9.17, 15) is 18.3 Å². The molecule has 2 rings (SSSR count). The molecule has 0 saturated carbocycles. The molecule has 1 aromatic carbocycles. The second kappa shape index (κ2) is 5.38. The Morgan fingerprint density at radius 2 is 1.95 bits per heavy atom. The minimum Gasteiger partial charge on any atom is -0.406 e. The van der Waals surface area contributed by atoms with E-state index in [-0.39, 0.29) is 17.9 Å². The molecule has 1 aromatic rings. The normalized spacial score (nSPS) is 22.5. The van der Waals surface area contributed by atoms with Crippen LogP contribution in [0, 0.1) is 0 Å². The van der Waals surface area contributed by atoms with Crippen LogP contribution in [0.4, 0.5) is 13.2 Å². The number of benzene rings is 1. The minimum atomic E-state index is -4.66. The standard InChI is InChI=1S/C13H16F3NO2/c1-9(17-7-6-11(18)8-17)10-2-4-12(5-3-10)19-13(14,15)16/h2-5,9,11,18H,6-8H2,1H3/t9?,11-/m0/s1. The zero-order valence-corrected chi connectivity index (χ0v) is 10.5. The van der Waals surface area contributed by atoms with Crippen LogP contribution < -0.4 is 4.74 Å². The van der Waals surface area contributed by atoms with E-state index in [1.54, 1.807) is 12.1 Å². The number of nitrogens with zero attached hydrogens (tertiary/aromatic N) is 1. The maximum absolute atomic E-state index is 12.0. The summed E-state index contributed by atoms with van der Waals surface area (Å²) in [5, 5.41) is 9.48. The van der Waals surface area contributed by atoms with Gasteiger partial charge in [0, 0.05) is 19.1 Å².